The van der Waals surface area contributed by atoms with Crippen molar-refractivity contribution in [2.45, 2.75) is 43.0 Å². The number of ether oxygens (including phenoxy) is 2. The molecule has 0 spiro atoms. The minimum absolute atomic E-state index is 0.0618. The predicted molar refractivity (Wildman–Crippen MR) is 147 cm³/mol. The first kappa shape index (κ1) is 30.3. The smallest absolute Gasteiger partial charge is 0.390 e. The predicted octanol–water partition coefficient (Wildman–Crippen LogP) is -2.03. The van der Waals surface area contributed by atoms with Crippen LogP contribution in [0.15, 0.2) is 23.8 Å². The number of nitrogens with one attached hydrogen (secondary N) is 1. The number of anilines is 2. The summed E-state index contributed by atoms with van der Waals surface area (Å²) < 4.78 is 56.6. The van der Waals surface area contributed by atoms with E-state index in [1.165, 1.54) is 17.2 Å². The minimum atomic E-state index is -5.03. The molecule has 10 atom stereocenters. The normalized spacial score (nSPS) is 37.7. The summed E-state index contributed by atoms with van der Waals surface area (Å²) in [6.45, 7) is -1.44. The Balaban J connectivity index is 1.21. The molecule has 3 fully saturated rings. The van der Waals surface area contributed by atoms with Gasteiger partial charge in [0.2, 0.25) is 5.95 Å². The van der Waals surface area contributed by atoms with E-state index in [9.17, 15) is 33.9 Å². The van der Waals surface area contributed by atoms with Crippen LogP contribution in [0.3, 0.4) is 0 Å². The van der Waals surface area contributed by atoms with Crippen molar-refractivity contribution in [2.75, 3.05) is 30.8 Å². The van der Waals surface area contributed by atoms with Crippen molar-refractivity contribution in [3.05, 3.63) is 29.3 Å². The van der Waals surface area contributed by atoms with E-state index >= 15 is 0 Å². The van der Waals surface area contributed by atoms with Gasteiger partial charge in [0.05, 0.1) is 38.1 Å². The van der Waals surface area contributed by atoms with Crippen molar-refractivity contribution in [1.82, 2.24) is 39.0 Å². The van der Waals surface area contributed by atoms with Gasteiger partial charge >= 0.3 is 15.4 Å². The maximum absolute atomic E-state index is 13.4. The van der Waals surface area contributed by atoms with Crippen molar-refractivity contribution in [3.8, 4) is 0 Å². The molecule has 45 heavy (non-hydrogen) atoms. The second-order valence-corrected chi connectivity index (χ2v) is 13.9. The van der Waals surface area contributed by atoms with Crippen LogP contribution in [0.5, 0.6) is 0 Å². The number of nitrogens with two attached hydrogens (primary N) is 2. The van der Waals surface area contributed by atoms with Gasteiger partial charge in [-0.3, -0.25) is 32.5 Å². The van der Waals surface area contributed by atoms with Crippen molar-refractivity contribution in [3.63, 3.8) is 0 Å². The number of aromatic nitrogens is 8. The van der Waals surface area contributed by atoms with Crippen LogP contribution in [0.4, 0.5) is 11.8 Å². The fourth-order valence-electron chi connectivity index (χ4n) is 5.67. The van der Waals surface area contributed by atoms with Gasteiger partial charge in [-0.25, -0.2) is 24.5 Å². The highest BCUT2D eigenvalue weighted by Gasteiger charge is 2.53. The third-order valence-electron chi connectivity index (χ3n) is 7.73. The monoisotopic (exact) mass is 672 g/mol. The van der Waals surface area contributed by atoms with Crippen LogP contribution in [-0.2, 0) is 32.2 Å². The number of phosphoric ester groups is 1. The van der Waals surface area contributed by atoms with Gasteiger partial charge in [0, 0.05) is 5.92 Å². The maximum Gasteiger partial charge on any atom is 0.472 e. The molecule has 0 amide bonds. The zero-order valence-corrected chi connectivity index (χ0v) is 24.5. The standard InChI is InChI=1S/C21H26N10O12P2/c22-15-10-16(25-4-24-15)30(5-26-10)19-7-3-44(35,36)39-2-9-14(43-45(37,38)40-1-8(41-19)12(7)32)13(33)20(42-9)31-6-27-11-17(31)28-21(23)29-18(11)34/h4-9,12-14,19-20,32-33H,1-3H2,(H,35,36)(H,37,38)(H2,22,24,25)(H3,23,28,29,34)/t7-,8+,9+,12?,13-,14?,19+,20+/m0/s1. The Kier molecular flexibility index (Phi) is 7.30. The summed E-state index contributed by atoms with van der Waals surface area (Å²) in [5.74, 6) is -1.34. The number of rotatable bonds is 2. The number of hydrogen-bond donors (Lipinski definition) is 7. The Morgan fingerprint density at radius 1 is 0.889 bits per heavy atom. The van der Waals surface area contributed by atoms with E-state index in [0.29, 0.717) is 0 Å². The molecular weight excluding hydrogens is 646 g/mol. The second kappa shape index (κ2) is 10.9. The molecule has 24 heteroatoms. The average Bonchev–Trinajstić information content (AvgIpc) is 3.72. The zero-order chi connectivity index (χ0) is 31.8. The zero-order valence-electron chi connectivity index (χ0n) is 22.7. The van der Waals surface area contributed by atoms with Crippen LogP contribution in [0, 0.1) is 5.92 Å². The number of nitrogens with zero attached hydrogens (tertiary/aromatic N) is 7. The summed E-state index contributed by atoms with van der Waals surface area (Å²) in [4.78, 5) is 56.2. The largest absolute Gasteiger partial charge is 0.472 e. The molecule has 22 nitrogen and oxygen atoms in total. The van der Waals surface area contributed by atoms with E-state index in [-0.39, 0.29) is 34.1 Å². The summed E-state index contributed by atoms with van der Waals surface area (Å²) in [7, 11) is -9.63. The van der Waals surface area contributed by atoms with Crippen molar-refractivity contribution in [1.29, 1.82) is 0 Å². The Hall–Kier alpha value is -3.40. The SMILES string of the molecule is Nc1nc2c(ncn2[C@@H]2O[C@@H]3COP(=O)(O)C[C@H]4C(O)[C@@H](COP(=O)(O)OC3[C@@H]2O)O[C@H]4n2cnc3c(N)ncnc32)c(=O)[nH]1. The molecular formula is C21H26N10O12P2. The number of hydrogen-bond acceptors (Lipinski definition) is 17. The lowest BCUT2D eigenvalue weighted by atomic mass is 10.0. The number of nitrogen functional groups attached to an aromatic ring is 2. The van der Waals surface area contributed by atoms with Crippen LogP contribution < -0.4 is 17.0 Å². The summed E-state index contributed by atoms with van der Waals surface area (Å²) in [6, 6.07) is 0. The first-order valence-corrected chi connectivity index (χ1v) is 16.5. The van der Waals surface area contributed by atoms with E-state index in [0.717, 1.165) is 10.9 Å². The van der Waals surface area contributed by atoms with Crippen molar-refractivity contribution >= 4 is 49.5 Å². The molecule has 2 bridgehead atoms. The molecule has 0 aromatic carbocycles. The molecule has 4 aromatic heterocycles. The Bertz CT molecular complexity index is 1940. The highest BCUT2D eigenvalue weighted by atomic mass is 31.2. The summed E-state index contributed by atoms with van der Waals surface area (Å²) in [5.41, 5.74) is 11.0. The van der Waals surface area contributed by atoms with Crippen LogP contribution in [-0.4, -0.2) is 109 Å². The lowest BCUT2D eigenvalue weighted by Gasteiger charge is -2.25. The van der Waals surface area contributed by atoms with Crippen LogP contribution in [0.25, 0.3) is 22.3 Å². The fraction of sp³-hybridized carbons (Fsp3) is 0.524. The number of imidazole rings is 2. The Morgan fingerprint density at radius 3 is 2.36 bits per heavy atom. The number of aliphatic hydroxyl groups excluding tert-OH is 2. The third kappa shape index (κ3) is 5.32. The van der Waals surface area contributed by atoms with Gasteiger partial charge in [0.15, 0.2) is 28.9 Å². The molecule has 3 aliphatic heterocycles. The number of aromatic amines is 1. The molecule has 4 unspecified atom stereocenters. The Labute approximate surface area is 250 Å². The van der Waals surface area contributed by atoms with Gasteiger partial charge < -0.3 is 45.5 Å². The molecule has 7 heterocycles. The second-order valence-electron chi connectivity index (χ2n) is 10.6. The van der Waals surface area contributed by atoms with Gasteiger partial charge in [0.25, 0.3) is 5.56 Å². The number of fused-ring (bicyclic) bond motifs is 5. The maximum atomic E-state index is 13.4. The van der Waals surface area contributed by atoms with Crippen molar-refractivity contribution in [2.24, 2.45) is 5.92 Å². The lowest BCUT2D eigenvalue weighted by Crippen LogP contribution is -2.36. The van der Waals surface area contributed by atoms with Crippen LogP contribution in [0.1, 0.15) is 12.5 Å². The topological polar surface area (TPSA) is 320 Å². The number of phosphoric acid groups is 1. The first-order valence-electron chi connectivity index (χ1n) is 13.3. The van der Waals surface area contributed by atoms with Gasteiger partial charge in [0.1, 0.15) is 42.5 Å². The summed E-state index contributed by atoms with van der Waals surface area (Å²) in [5, 5.41) is 22.3. The van der Waals surface area contributed by atoms with E-state index in [1.807, 2.05) is 0 Å². The van der Waals surface area contributed by atoms with Gasteiger partial charge in [-0.05, 0) is 0 Å². The van der Waals surface area contributed by atoms with Crippen LogP contribution in [0.2, 0.25) is 0 Å². The van der Waals surface area contributed by atoms with Crippen LogP contribution >= 0.6 is 15.4 Å². The highest BCUT2D eigenvalue weighted by molar-refractivity contribution is 7.52. The number of aliphatic hydroxyl groups is 2. The average molecular weight is 672 g/mol. The molecule has 7 rings (SSSR count). The molecule has 0 radical (unpaired) electrons. The van der Waals surface area contributed by atoms with E-state index in [2.05, 4.69) is 29.9 Å². The minimum Gasteiger partial charge on any atom is -0.390 e. The number of H-pyrrole nitrogens is 1. The fourth-order valence-corrected chi connectivity index (χ4v) is 8.05. The molecule has 3 saturated heterocycles. The third-order valence-corrected chi connectivity index (χ3v) is 10.2. The van der Waals surface area contributed by atoms with Gasteiger partial charge in [-0.2, -0.15) is 4.98 Å². The molecule has 0 aliphatic carbocycles. The molecule has 3 aliphatic rings. The highest BCUT2D eigenvalue weighted by Crippen LogP contribution is 2.54. The molecule has 0 saturated carbocycles. The van der Waals surface area contributed by atoms with Crippen molar-refractivity contribution < 1.29 is 52.2 Å². The quantitative estimate of drug-likeness (QED) is 0.113. The molecule has 9 N–H and O–H groups in total. The Morgan fingerprint density at radius 2 is 1.58 bits per heavy atom. The van der Waals surface area contributed by atoms with Gasteiger partial charge in [-0.1, -0.05) is 0 Å². The van der Waals surface area contributed by atoms with E-state index in [4.69, 9.17) is 34.5 Å². The lowest BCUT2D eigenvalue weighted by molar-refractivity contribution is -0.0558. The van der Waals surface area contributed by atoms with E-state index < -0.39 is 89.2 Å². The summed E-state index contributed by atoms with van der Waals surface area (Å²) in [6.07, 6.45) is -7.30. The van der Waals surface area contributed by atoms with E-state index in [1.54, 1.807) is 0 Å². The first-order chi connectivity index (χ1) is 21.3. The summed E-state index contributed by atoms with van der Waals surface area (Å²) >= 11 is 0. The molecule has 242 valence electrons. The van der Waals surface area contributed by atoms with Gasteiger partial charge in [-0.15, -0.1) is 0 Å². The molecule has 4 aromatic rings.